The van der Waals surface area contributed by atoms with Crippen molar-refractivity contribution in [3.05, 3.63) is 107 Å². The van der Waals surface area contributed by atoms with E-state index >= 15 is 0 Å². The molecule has 4 N–H and O–H groups in total. The number of hydrogen-bond donors (Lipinski definition) is 2. The fraction of sp³-hybridized carbons (Fsp3) is 0.172. The second-order valence-electron chi connectivity index (χ2n) is 8.97. The fourth-order valence-electron chi connectivity index (χ4n) is 3.91. The normalized spacial score (nSPS) is 11.3. The maximum Gasteiger partial charge on any atom is 0.131 e. The van der Waals surface area contributed by atoms with Gasteiger partial charge in [-0.1, -0.05) is 49.2 Å². The summed E-state index contributed by atoms with van der Waals surface area (Å²) in [7, 11) is 0. The molecule has 0 bridgehead atoms. The third kappa shape index (κ3) is 4.96. The predicted molar refractivity (Wildman–Crippen MR) is 136 cm³/mol. The molecule has 0 atom stereocenters. The van der Waals surface area contributed by atoms with Crippen LogP contribution in [-0.4, -0.2) is 0 Å². The standard InChI is InChI=1S/C29H30N2O2/c1-19-5-15-27(32-23-11-7-21(30)8-12-23)25(17-19)29(3,4)26-18-20(2)6-16-28(26)33-24-13-9-22(31)10-14-24/h5-18H,30-31H2,1-4H3. The van der Waals surface area contributed by atoms with Gasteiger partial charge in [0.15, 0.2) is 0 Å². The van der Waals surface area contributed by atoms with Gasteiger partial charge in [-0.25, -0.2) is 0 Å². The largest absolute Gasteiger partial charge is 0.457 e. The van der Waals surface area contributed by atoms with Crippen molar-refractivity contribution in [3.63, 3.8) is 0 Å². The van der Waals surface area contributed by atoms with E-state index in [4.69, 9.17) is 20.9 Å². The molecule has 4 nitrogen and oxygen atoms in total. The van der Waals surface area contributed by atoms with Crippen molar-refractivity contribution in [2.24, 2.45) is 0 Å². The van der Waals surface area contributed by atoms with Crippen molar-refractivity contribution in [1.82, 2.24) is 0 Å². The summed E-state index contributed by atoms with van der Waals surface area (Å²) >= 11 is 0. The fourth-order valence-corrected chi connectivity index (χ4v) is 3.91. The molecule has 0 aliphatic rings. The summed E-state index contributed by atoms with van der Waals surface area (Å²) in [6.45, 7) is 8.58. The Bertz CT molecular complexity index is 1160. The van der Waals surface area contributed by atoms with Gasteiger partial charge in [0.1, 0.15) is 23.0 Å². The Morgan fingerprint density at radius 2 is 0.909 bits per heavy atom. The van der Waals surface area contributed by atoms with Crippen molar-refractivity contribution in [2.45, 2.75) is 33.1 Å². The van der Waals surface area contributed by atoms with Crippen molar-refractivity contribution in [1.29, 1.82) is 0 Å². The molecule has 0 saturated carbocycles. The SMILES string of the molecule is Cc1ccc(Oc2ccc(N)cc2)c(C(C)(C)c2cc(C)ccc2Oc2ccc(N)cc2)c1. The first-order chi connectivity index (χ1) is 15.7. The third-order valence-electron chi connectivity index (χ3n) is 5.83. The maximum absolute atomic E-state index is 6.32. The van der Waals surface area contributed by atoms with Crippen LogP contribution < -0.4 is 20.9 Å². The number of rotatable bonds is 6. The summed E-state index contributed by atoms with van der Waals surface area (Å²) in [5.41, 5.74) is 17.2. The molecule has 0 amide bonds. The summed E-state index contributed by atoms with van der Waals surface area (Å²) in [5.74, 6) is 3.09. The van der Waals surface area contributed by atoms with Gasteiger partial charge in [0.2, 0.25) is 0 Å². The number of nitrogen functional groups attached to an aromatic ring is 2. The monoisotopic (exact) mass is 438 g/mol. The number of hydrogen-bond acceptors (Lipinski definition) is 4. The number of benzene rings is 4. The lowest BCUT2D eigenvalue weighted by Gasteiger charge is -2.30. The molecule has 0 aliphatic carbocycles. The molecule has 4 rings (SSSR count). The molecule has 4 aromatic carbocycles. The molecule has 4 aromatic rings. The second kappa shape index (κ2) is 8.91. The highest BCUT2D eigenvalue weighted by atomic mass is 16.5. The van der Waals surface area contributed by atoms with Crippen LogP contribution in [0.4, 0.5) is 11.4 Å². The first kappa shape index (κ1) is 22.3. The van der Waals surface area contributed by atoms with E-state index < -0.39 is 5.41 Å². The van der Waals surface area contributed by atoms with Crippen molar-refractivity contribution >= 4 is 11.4 Å². The number of anilines is 2. The van der Waals surface area contributed by atoms with E-state index in [2.05, 4.69) is 52.0 Å². The average molecular weight is 439 g/mol. The van der Waals surface area contributed by atoms with Crippen LogP contribution in [0, 0.1) is 13.8 Å². The Kier molecular flexibility index (Phi) is 6.01. The molecule has 0 spiro atoms. The summed E-state index contributed by atoms with van der Waals surface area (Å²) in [6.07, 6.45) is 0. The second-order valence-corrected chi connectivity index (χ2v) is 8.97. The lowest BCUT2D eigenvalue weighted by atomic mass is 9.76. The highest BCUT2D eigenvalue weighted by Crippen LogP contribution is 2.44. The molecular weight excluding hydrogens is 408 g/mol. The van der Waals surface area contributed by atoms with Gasteiger partial charge in [0.05, 0.1) is 0 Å². The van der Waals surface area contributed by atoms with Gasteiger partial charge in [0, 0.05) is 27.9 Å². The van der Waals surface area contributed by atoms with Gasteiger partial charge in [0.25, 0.3) is 0 Å². The highest BCUT2D eigenvalue weighted by Gasteiger charge is 2.30. The van der Waals surface area contributed by atoms with E-state index in [1.54, 1.807) is 0 Å². The Morgan fingerprint density at radius 1 is 0.545 bits per heavy atom. The van der Waals surface area contributed by atoms with Crippen LogP contribution in [0.1, 0.15) is 36.1 Å². The van der Waals surface area contributed by atoms with E-state index in [1.807, 2.05) is 60.7 Å². The van der Waals surface area contributed by atoms with Crippen LogP contribution in [-0.2, 0) is 5.41 Å². The first-order valence-corrected chi connectivity index (χ1v) is 11.0. The van der Waals surface area contributed by atoms with Crippen molar-refractivity contribution < 1.29 is 9.47 Å². The minimum atomic E-state index is -0.398. The summed E-state index contributed by atoms with van der Waals surface area (Å²) < 4.78 is 12.6. The molecule has 0 heterocycles. The van der Waals surface area contributed by atoms with Crippen LogP contribution >= 0.6 is 0 Å². The minimum absolute atomic E-state index is 0.398. The summed E-state index contributed by atoms with van der Waals surface area (Å²) in [4.78, 5) is 0. The van der Waals surface area contributed by atoms with Gasteiger partial charge in [-0.15, -0.1) is 0 Å². The van der Waals surface area contributed by atoms with Crippen molar-refractivity contribution in [2.75, 3.05) is 11.5 Å². The predicted octanol–water partition coefficient (Wildman–Crippen LogP) is 7.38. The number of aryl methyl sites for hydroxylation is 2. The van der Waals surface area contributed by atoms with Crippen LogP contribution in [0.3, 0.4) is 0 Å². The van der Waals surface area contributed by atoms with E-state index in [9.17, 15) is 0 Å². The molecule has 33 heavy (non-hydrogen) atoms. The van der Waals surface area contributed by atoms with E-state index in [-0.39, 0.29) is 0 Å². The zero-order valence-electron chi connectivity index (χ0n) is 19.6. The topological polar surface area (TPSA) is 70.5 Å². The lowest BCUT2D eigenvalue weighted by Crippen LogP contribution is -2.21. The molecular formula is C29H30N2O2. The van der Waals surface area contributed by atoms with Gasteiger partial charge in [-0.2, -0.15) is 0 Å². The third-order valence-corrected chi connectivity index (χ3v) is 5.83. The van der Waals surface area contributed by atoms with Crippen molar-refractivity contribution in [3.8, 4) is 23.0 Å². The summed E-state index contributed by atoms with van der Waals surface area (Å²) in [6, 6.07) is 27.4. The Hall–Kier alpha value is -3.92. The molecule has 168 valence electrons. The molecule has 0 unspecified atom stereocenters. The highest BCUT2D eigenvalue weighted by molar-refractivity contribution is 5.55. The summed E-state index contributed by atoms with van der Waals surface area (Å²) in [5, 5.41) is 0. The van der Waals surface area contributed by atoms with E-state index in [0.717, 1.165) is 45.3 Å². The Morgan fingerprint density at radius 3 is 1.27 bits per heavy atom. The molecule has 0 radical (unpaired) electrons. The lowest BCUT2D eigenvalue weighted by molar-refractivity contribution is 0.444. The van der Waals surface area contributed by atoms with E-state index in [0.29, 0.717) is 11.4 Å². The number of ether oxygens (including phenoxy) is 2. The molecule has 0 aliphatic heterocycles. The van der Waals surface area contributed by atoms with Crippen LogP contribution in [0.2, 0.25) is 0 Å². The van der Waals surface area contributed by atoms with Crippen LogP contribution in [0.25, 0.3) is 0 Å². The molecule has 4 heteroatoms. The maximum atomic E-state index is 6.32. The van der Waals surface area contributed by atoms with Gasteiger partial charge in [-0.3, -0.25) is 0 Å². The minimum Gasteiger partial charge on any atom is -0.457 e. The van der Waals surface area contributed by atoms with Crippen LogP contribution in [0.15, 0.2) is 84.9 Å². The van der Waals surface area contributed by atoms with E-state index in [1.165, 1.54) is 0 Å². The van der Waals surface area contributed by atoms with Crippen LogP contribution in [0.5, 0.6) is 23.0 Å². The van der Waals surface area contributed by atoms with Gasteiger partial charge >= 0.3 is 0 Å². The van der Waals surface area contributed by atoms with Gasteiger partial charge < -0.3 is 20.9 Å². The Labute approximate surface area is 195 Å². The zero-order chi connectivity index (χ0) is 23.6. The molecule has 0 fully saturated rings. The average Bonchev–Trinajstić information content (AvgIpc) is 2.79. The number of nitrogens with two attached hydrogens (primary N) is 2. The van der Waals surface area contributed by atoms with Gasteiger partial charge in [-0.05, 0) is 74.5 Å². The smallest absolute Gasteiger partial charge is 0.131 e. The molecule has 0 aromatic heterocycles. The quantitative estimate of drug-likeness (QED) is 0.308. The molecule has 0 saturated heterocycles. The first-order valence-electron chi connectivity index (χ1n) is 11.0. The Balaban J connectivity index is 1.78. The zero-order valence-corrected chi connectivity index (χ0v) is 19.6.